The molecule has 0 radical (unpaired) electrons. The van der Waals surface area contributed by atoms with Crippen LogP contribution >= 0.6 is 11.6 Å². The highest BCUT2D eigenvalue weighted by Crippen LogP contribution is 2.24. The van der Waals surface area contributed by atoms with Crippen molar-refractivity contribution in [2.45, 2.75) is 13.0 Å². The van der Waals surface area contributed by atoms with Crippen LogP contribution in [-0.4, -0.2) is 69.2 Å². The summed E-state index contributed by atoms with van der Waals surface area (Å²) in [4.78, 5) is 21.2. The molecule has 29 heavy (non-hydrogen) atoms. The maximum Gasteiger partial charge on any atom is 0.280 e. The standard InChI is InChI=1S/C23H29ClN4O/c1-19(25-11-15-27(16-12-25)22-10-6-5-9-21(22)24)23(29)28-17-13-26(14-18-28)20-7-3-2-4-8-20/h2-10,19H,11-18H2,1H3/p+1/t19-/m0/s1. The Morgan fingerprint density at radius 3 is 2.14 bits per heavy atom. The van der Waals surface area contributed by atoms with Gasteiger partial charge in [-0.2, -0.15) is 0 Å². The number of nitrogens with zero attached hydrogens (tertiary/aromatic N) is 3. The molecule has 0 aromatic heterocycles. The molecular formula is C23H30ClN4O+. The number of rotatable bonds is 4. The fourth-order valence-corrected chi connectivity index (χ4v) is 4.70. The number of halogens is 1. The predicted octanol–water partition coefficient (Wildman–Crippen LogP) is 1.78. The van der Waals surface area contributed by atoms with Gasteiger partial charge in [-0.25, -0.2) is 0 Å². The van der Waals surface area contributed by atoms with Crippen LogP contribution in [0.5, 0.6) is 0 Å². The maximum atomic E-state index is 13.1. The first kappa shape index (κ1) is 20.0. The van der Waals surface area contributed by atoms with E-state index >= 15 is 0 Å². The van der Waals surface area contributed by atoms with Gasteiger partial charge >= 0.3 is 0 Å². The minimum absolute atomic E-state index is 0.00618. The van der Waals surface area contributed by atoms with Crippen molar-refractivity contribution in [1.29, 1.82) is 0 Å². The molecule has 2 saturated heterocycles. The van der Waals surface area contributed by atoms with Crippen molar-refractivity contribution in [3.8, 4) is 0 Å². The maximum absolute atomic E-state index is 13.1. The van der Waals surface area contributed by atoms with Crippen LogP contribution in [0.15, 0.2) is 54.6 Å². The first-order valence-corrected chi connectivity index (χ1v) is 10.9. The van der Waals surface area contributed by atoms with Crippen LogP contribution in [0, 0.1) is 0 Å². The summed E-state index contributed by atoms with van der Waals surface area (Å²) in [6, 6.07) is 18.5. The number of para-hydroxylation sites is 2. The zero-order valence-corrected chi connectivity index (χ0v) is 17.8. The van der Waals surface area contributed by atoms with Crippen molar-refractivity contribution in [1.82, 2.24) is 4.90 Å². The van der Waals surface area contributed by atoms with Gasteiger partial charge in [0.2, 0.25) is 0 Å². The van der Waals surface area contributed by atoms with Gasteiger partial charge in [-0.05, 0) is 31.2 Å². The van der Waals surface area contributed by atoms with E-state index < -0.39 is 0 Å². The van der Waals surface area contributed by atoms with E-state index in [9.17, 15) is 4.79 Å². The number of anilines is 2. The van der Waals surface area contributed by atoms with E-state index in [2.05, 4.69) is 52.0 Å². The number of hydrogen-bond acceptors (Lipinski definition) is 3. The Kier molecular flexibility index (Phi) is 6.26. The number of piperazine rings is 2. The molecule has 1 amide bonds. The smallest absolute Gasteiger partial charge is 0.280 e. The summed E-state index contributed by atoms with van der Waals surface area (Å²) in [7, 11) is 0. The molecule has 154 valence electrons. The number of quaternary nitrogens is 1. The van der Waals surface area contributed by atoms with Crippen molar-refractivity contribution >= 4 is 28.9 Å². The molecule has 1 atom stereocenters. The Bertz CT molecular complexity index is 815. The topological polar surface area (TPSA) is 31.2 Å². The predicted molar refractivity (Wildman–Crippen MR) is 119 cm³/mol. The van der Waals surface area contributed by atoms with Crippen LogP contribution in [0.1, 0.15) is 6.92 Å². The highest BCUT2D eigenvalue weighted by Gasteiger charge is 2.33. The molecule has 4 rings (SSSR count). The largest absolute Gasteiger partial charge is 0.368 e. The van der Waals surface area contributed by atoms with Gasteiger partial charge in [0.05, 0.1) is 36.9 Å². The molecule has 6 heteroatoms. The average Bonchev–Trinajstić information content (AvgIpc) is 2.79. The van der Waals surface area contributed by atoms with Crippen LogP contribution in [0.25, 0.3) is 0 Å². The summed E-state index contributed by atoms with van der Waals surface area (Å²) in [6.45, 7) is 9.28. The number of carbonyl (C=O) groups excluding carboxylic acids is 1. The SMILES string of the molecule is C[C@@H](C(=O)N1CCN(c2ccccc2)CC1)[NH+]1CCN(c2ccccc2Cl)CC1. The summed E-state index contributed by atoms with van der Waals surface area (Å²) in [5.74, 6) is 0.291. The fraction of sp³-hybridized carbons (Fsp3) is 0.435. The molecule has 2 aliphatic heterocycles. The zero-order chi connectivity index (χ0) is 20.2. The van der Waals surface area contributed by atoms with E-state index in [4.69, 9.17) is 11.6 Å². The van der Waals surface area contributed by atoms with Crippen LogP contribution < -0.4 is 14.7 Å². The summed E-state index contributed by atoms with van der Waals surface area (Å²) < 4.78 is 0. The van der Waals surface area contributed by atoms with E-state index in [-0.39, 0.29) is 6.04 Å². The quantitative estimate of drug-likeness (QED) is 0.829. The molecule has 0 aliphatic carbocycles. The molecule has 1 N–H and O–H groups in total. The molecule has 2 aliphatic rings. The normalized spacial score (nSPS) is 19.3. The lowest BCUT2D eigenvalue weighted by Gasteiger charge is -2.40. The van der Waals surface area contributed by atoms with Crippen molar-refractivity contribution in [3.63, 3.8) is 0 Å². The highest BCUT2D eigenvalue weighted by atomic mass is 35.5. The Morgan fingerprint density at radius 2 is 1.48 bits per heavy atom. The summed E-state index contributed by atoms with van der Waals surface area (Å²) >= 11 is 6.35. The number of carbonyl (C=O) groups is 1. The number of benzene rings is 2. The minimum atomic E-state index is 0.00618. The molecule has 5 nitrogen and oxygen atoms in total. The van der Waals surface area contributed by atoms with E-state index in [0.29, 0.717) is 5.91 Å². The van der Waals surface area contributed by atoms with Crippen LogP contribution in [-0.2, 0) is 4.79 Å². The van der Waals surface area contributed by atoms with Crippen LogP contribution in [0.3, 0.4) is 0 Å². The second-order valence-corrected chi connectivity index (χ2v) is 8.37. The monoisotopic (exact) mass is 413 g/mol. The van der Waals surface area contributed by atoms with Crippen molar-refractivity contribution in [2.24, 2.45) is 0 Å². The van der Waals surface area contributed by atoms with Crippen molar-refractivity contribution < 1.29 is 9.69 Å². The Balaban J connectivity index is 1.29. The molecule has 2 aromatic carbocycles. The van der Waals surface area contributed by atoms with E-state index in [1.807, 2.05) is 24.3 Å². The third kappa shape index (κ3) is 4.51. The molecule has 0 bridgehead atoms. The van der Waals surface area contributed by atoms with Gasteiger partial charge in [0.1, 0.15) is 0 Å². The number of nitrogens with one attached hydrogen (secondary N) is 1. The molecule has 2 aromatic rings. The number of hydrogen-bond donors (Lipinski definition) is 1. The number of amides is 1. The molecule has 0 spiro atoms. The highest BCUT2D eigenvalue weighted by molar-refractivity contribution is 6.33. The van der Waals surface area contributed by atoms with Gasteiger partial charge in [0.25, 0.3) is 5.91 Å². The second-order valence-electron chi connectivity index (χ2n) is 7.97. The summed E-state index contributed by atoms with van der Waals surface area (Å²) in [5, 5.41) is 0.802. The van der Waals surface area contributed by atoms with Gasteiger partial charge in [-0.15, -0.1) is 0 Å². The van der Waals surface area contributed by atoms with Gasteiger partial charge in [-0.3, -0.25) is 4.79 Å². The van der Waals surface area contributed by atoms with E-state index in [0.717, 1.165) is 63.1 Å². The van der Waals surface area contributed by atoms with Gasteiger partial charge in [0.15, 0.2) is 6.04 Å². The molecule has 0 saturated carbocycles. The Hall–Kier alpha value is -2.24. The van der Waals surface area contributed by atoms with Crippen molar-refractivity contribution in [2.75, 3.05) is 62.2 Å². The van der Waals surface area contributed by atoms with Gasteiger partial charge in [-0.1, -0.05) is 41.9 Å². The van der Waals surface area contributed by atoms with Crippen molar-refractivity contribution in [3.05, 3.63) is 59.6 Å². The zero-order valence-electron chi connectivity index (χ0n) is 17.1. The average molecular weight is 414 g/mol. The lowest BCUT2D eigenvalue weighted by atomic mass is 10.1. The fourth-order valence-electron chi connectivity index (χ4n) is 4.45. The molecule has 2 fully saturated rings. The van der Waals surface area contributed by atoms with Gasteiger partial charge in [0, 0.05) is 31.9 Å². The molecule has 2 heterocycles. The first-order chi connectivity index (χ1) is 14.1. The second kappa shape index (κ2) is 9.06. The molecular weight excluding hydrogens is 384 g/mol. The molecule has 0 unspecified atom stereocenters. The van der Waals surface area contributed by atoms with Crippen LogP contribution in [0.2, 0.25) is 5.02 Å². The lowest BCUT2D eigenvalue weighted by Crippen LogP contribution is -3.19. The van der Waals surface area contributed by atoms with E-state index in [1.165, 1.54) is 10.6 Å². The Morgan fingerprint density at radius 1 is 0.862 bits per heavy atom. The van der Waals surface area contributed by atoms with Crippen LogP contribution in [0.4, 0.5) is 11.4 Å². The Labute approximate surface area is 178 Å². The first-order valence-electron chi connectivity index (χ1n) is 10.6. The lowest BCUT2D eigenvalue weighted by molar-refractivity contribution is -0.915. The van der Waals surface area contributed by atoms with E-state index in [1.54, 1.807) is 0 Å². The third-order valence-corrected chi connectivity index (χ3v) is 6.61. The summed E-state index contributed by atoms with van der Waals surface area (Å²) in [6.07, 6.45) is 0. The van der Waals surface area contributed by atoms with Gasteiger partial charge < -0.3 is 19.6 Å². The third-order valence-electron chi connectivity index (χ3n) is 6.29. The minimum Gasteiger partial charge on any atom is -0.368 e. The summed E-state index contributed by atoms with van der Waals surface area (Å²) in [5.41, 5.74) is 2.35.